The Morgan fingerprint density at radius 2 is 2.15 bits per heavy atom. The highest BCUT2D eigenvalue weighted by molar-refractivity contribution is 6.32. The first-order valence-electron chi connectivity index (χ1n) is 5.63. The summed E-state index contributed by atoms with van der Waals surface area (Å²) in [5.74, 6) is 0. The van der Waals surface area contributed by atoms with Gasteiger partial charge in [0.2, 0.25) is 0 Å². The second kappa shape index (κ2) is 6.41. The molecule has 0 radical (unpaired) electrons. The molecule has 1 aromatic carbocycles. The van der Waals surface area contributed by atoms with E-state index in [2.05, 4.69) is 21.2 Å². The highest BCUT2D eigenvalue weighted by Gasteiger charge is 2.05. The maximum atomic E-state index is 11.7. The maximum absolute atomic E-state index is 11.7. The molecule has 20 heavy (non-hydrogen) atoms. The molecular formula is C13H10ClN5O. The van der Waals surface area contributed by atoms with Gasteiger partial charge in [-0.1, -0.05) is 17.7 Å². The fraction of sp³-hybridized carbons (Fsp3) is 0. The van der Waals surface area contributed by atoms with Crippen LogP contribution in [-0.2, 0) is 0 Å². The number of hydrazine groups is 1. The predicted octanol–water partition coefficient (Wildman–Crippen LogP) is 2.76. The van der Waals surface area contributed by atoms with E-state index in [-0.39, 0.29) is 5.15 Å². The smallest absolute Gasteiger partial charge is 0.304 e. The van der Waals surface area contributed by atoms with Crippen LogP contribution in [0.15, 0.2) is 42.6 Å². The molecule has 1 heterocycles. The van der Waals surface area contributed by atoms with Crippen molar-refractivity contribution >= 4 is 29.0 Å². The van der Waals surface area contributed by atoms with E-state index in [4.69, 9.17) is 16.9 Å². The van der Waals surface area contributed by atoms with Crippen LogP contribution in [0.5, 0.6) is 0 Å². The average molecular weight is 288 g/mol. The zero-order chi connectivity index (χ0) is 14.4. The number of anilines is 2. The number of halogens is 1. The van der Waals surface area contributed by atoms with Gasteiger partial charge in [0.05, 0.1) is 23.0 Å². The van der Waals surface area contributed by atoms with Gasteiger partial charge < -0.3 is 5.32 Å². The number of amides is 2. The molecule has 0 atom stereocenters. The Hall–Kier alpha value is -2.78. The van der Waals surface area contributed by atoms with E-state index in [9.17, 15) is 4.79 Å². The van der Waals surface area contributed by atoms with Crippen molar-refractivity contribution in [1.29, 1.82) is 5.26 Å². The SMILES string of the molecule is N#Cc1cccc(NNC(=O)Nc2cccnc2Cl)c1. The molecule has 0 saturated heterocycles. The molecule has 3 N–H and O–H groups in total. The molecule has 2 amide bonds. The minimum Gasteiger partial charge on any atom is -0.304 e. The van der Waals surface area contributed by atoms with Crippen LogP contribution in [0.3, 0.4) is 0 Å². The van der Waals surface area contributed by atoms with E-state index in [0.717, 1.165) is 0 Å². The van der Waals surface area contributed by atoms with E-state index in [1.165, 1.54) is 6.20 Å². The zero-order valence-corrected chi connectivity index (χ0v) is 11.0. The number of benzene rings is 1. The van der Waals surface area contributed by atoms with Gasteiger partial charge in [0.1, 0.15) is 0 Å². The molecule has 0 unspecified atom stereocenters. The van der Waals surface area contributed by atoms with E-state index in [1.807, 2.05) is 6.07 Å². The third-order valence-electron chi connectivity index (χ3n) is 2.32. The van der Waals surface area contributed by atoms with E-state index >= 15 is 0 Å². The molecule has 0 aliphatic rings. The van der Waals surface area contributed by atoms with Crippen molar-refractivity contribution in [3.05, 3.63) is 53.3 Å². The van der Waals surface area contributed by atoms with Crippen molar-refractivity contribution in [2.24, 2.45) is 0 Å². The number of urea groups is 1. The lowest BCUT2D eigenvalue weighted by molar-refractivity contribution is 0.254. The molecule has 0 saturated carbocycles. The number of pyridine rings is 1. The van der Waals surface area contributed by atoms with Gasteiger partial charge in [0.15, 0.2) is 5.15 Å². The summed E-state index contributed by atoms with van der Waals surface area (Å²) in [4.78, 5) is 15.5. The number of nitriles is 1. The number of carbonyl (C=O) groups is 1. The van der Waals surface area contributed by atoms with Crippen LogP contribution in [0.1, 0.15) is 5.56 Å². The zero-order valence-electron chi connectivity index (χ0n) is 10.2. The third kappa shape index (κ3) is 3.60. The van der Waals surface area contributed by atoms with Gasteiger partial charge in [0, 0.05) is 6.20 Å². The summed E-state index contributed by atoms with van der Waals surface area (Å²) in [5.41, 5.74) is 6.60. The van der Waals surface area contributed by atoms with Gasteiger partial charge in [-0.15, -0.1) is 0 Å². The minimum atomic E-state index is -0.498. The second-order valence-corrected chi connectivity index (χ2v) is 4.10. The normalized spacial score (nSPS) is 9.40. The standard InChI is InChI=1S/C13H10ClN5O/c14-12-11(5-2-6-16-12)17-13(20)19-18-10-4-1-3-9(7-10)8-15/h1-7,18H,(H2,17,19,20). The van der Waals surface area contributed by atoms with E-state index in [1.54, 1.807) is 36.4 Å². The molecule has 2 aromatic rings. The van der Waals surface area contributed by atoms with Crippen molar-refractivity contribution in [2.75, 3.05) is 10.7 Å². The first-order chi connectivity index (χ1) is 9.69. The molecule has 1 aromatic heterocycles. The molecule has 6 nitrogen and oxygen atoms in total. The Labute approximate surface area is 120 Å². The van der Waals surface area contributed by atoms with Crippen LogP contribution in [-0.4, -0.2) is 11.0 Å². The highest BCUT2D eigenvalue weighted by Crippen LogP contribution is 2.17. The number of rotatable bonds is 3. The Balaban J connectivity index is 1.93. The Kier molecular flexibility index (Phi) is 4.37. The largest absolute Gasteiger partial charge is 0.337 e. The monoisotopic (exact) mass is 287 g/mol. The Morgan fingerprint density at radius 3 is 2.90 bits per heavy atom. The number of hydrogen-bond acceptors (Lipinski definition) is 4. The fourth-order valence-corrected chi connectivity index (χ4v) is 1.59. The van der Waals surface area contributed by atoms with Gasteiger partial charge in [-0.25, -0.2) is 9.78 Å². The number of hydrogen-bond donors (Lipinski definition) is 3. The summed E-state index contributed by atoms with van der Waals surface area (Å²) < 4.78 is 0. The van der Waals surface area contributed by atoms with Gasteiger partial charge in [0.25, 0.3) is 0 Å². The molecule has 0 fully saturated rings. The van der Waals surface area contributed by atoms with Gasteiger partial charge in [-0.05, 0) is 30.3 Å². The summed E-state index contributed by atoms with van der Waals surface area (Å²) in [7, 11) is 0. The topological polar surface area (TPSA) is 89.8 Å². The van der Waals surface area contributed by atoms with Crippen LogP contribution >= 0.6 is 11.6 Å². The average Bonchev–Trinajstić information content (AvgIpc) is 2.48. The fourth-order valence-electron chi connectivity index (χ4n) is 1.43. The Bertz CT molecular complexity index is 668. The number of carbonyl (C=O) groups excluding carboxylic acids is 1. The van der Waals surface area contributed by atoms with Crippen molar-refractivity contribution in [1.82, 2.24) is 10.4 Å². The van der Waals surface area contributed by atoms with Crippen molar-refractivity contribution in [3.8, 4) is 6.07 Å². The van der Waals surface area contributed by atoms with Crippen LogP contribution in [0.4, 0.5) is 16.2 Å². The van der Waals surface area contributed by atoms with Crippen LogP contribution in [0.25, 0.3) is 0 Å². The van der Waals surface area contributed by atoms with Crippen LogP contribution in [0, 0.1) is 11.3 Å². The Morgan fingerprint density at radius 1 is 1.30 bits per heavy atom. The summed E-state index contributed by atoms with van der Waals surface area (Å²) in [5, 5.41) is 11.5. The van der Waals surface area contributed by atoms with Gasteiger partial charge in [-0.3, -0.25) is 10.9 Å². The number of nitrogens with zero attached hydrogens (tertiary/aromatic N) is 2. The van der Waals surface area contributed by atoms with Crippen molar-refractivity contribution in [3.63, 3.8) is 0 Å². The molecule has 0 spiro atoms. The number of nitrogens with one attached hydrogen (secondary N) is 3. The predicted molar refractivity (Wildman–Crippen MR) is 76.2 cm³/mol. The molecular weight excluding hydrogens is 278 g/mol. The van der Waals surface area contributed by atoms with Gasteiger partial charge >= 0.3 is 6.03 Å². The third-order valence-corrected chi connectivity index (χ3v) is 2.62. The van der Waals surface area contributed by atoms with E-state index in [0.29, 0.717) is 16.9 Å². The van der Waals surface area contributed by atoms with Crippen molar-refractivity contribution in [2.45, 2.75) is 0 Å². The molecule has 0 bridgehead atoms. The lowest BCUT2D eigenvalue weighted by Gasteiger charge is -2.10. The van der Waals surface area contributed by atoms with E-state index < -0.39 is 6.03 Å². The molecule has 0 aliphatic carbocycles. The van der Waals surface area contributed by atoms with Crippen molar-refractivity contribution < 1.29 is 4.79 Å². The summed E-state index contributed by atoms with van der Waals surface area (Å²) in [6.45, 7) is 0. The lowest BCUT2D eigenvalue weighted by atomic mass is 10.2. The molecule has 100 valence electrons. The van der Waals surface area contributed by atoms with Gasteiger partial charge in [-0.2, -0.15) is 5.26 Å². The second-order valence-electron chi connectivity index (χ2n) is 3.74. The highest BCUT2D eigenvalue weighted by atomic mass is 35.5. The first kappa shape index (κ1) is 13.6. The maximum Gasteiger partial charge on any atom is 0.337 e. The van der Waals surface area contributed by atoms with Crippen LogP contribution < -0.4 is 16.2 Å². The molecule has 7 heteroatoms. The summed E-state index contributed by atoms with van der Waals surface area (Å²) in [6.07, 6.45) is 1.52. The molecule has 2 rings (SSSR count). The quantitative estimate of drug-likeness (QED) is 0.598. The van der Waals surface area contributed by atoms with Crippen LogP contribution in [0.2, 0.25) is 5.15 Å². The first-order valence-corrected chi connectivity index (χ1v) is 6.00. The summed E-state index contributed by atoms with van der Waals surface area (Å²) in [6, 6.07) is 11.5. The minimum absolute atomic E-state index is 0.203. The number of aromatic nitrogens is 1. The molecule has 0 aliphatic heterocycles. The lowest BCUT2D eigenvalue weighted by Crippen LogP contribution is -2.33. The summed E-state index contributed by atoms with van der Waals surface area (Å²) >= 11 is 5.81.